The maximum Gasteiger partial charge on any atom is 0.249 e. The molecule has 0 saturated carbocycles. The molecule has 0 aliphatic carbocycles. The first-order valence-corrected chi connectivity index (χ1v) is 9.95. The summed E-state index contributed by atoms with van der Waals surface area (Å²) in [6.45, 7) is 4.30. The third-order valence-corrected chi connectivity index (χ3v) is 5.02. The van der Waals surface area contributed by atoms with Crippen molar-refractivity contribution in [1.82, 2.24) is 15.2 Å². The molecule has 0 amide bonds. The van der Waals surface area contributed by atoms with Gasteiger partial charge in [-0.15, -0.1) is 5.10 Å². The third kappa shape index (κ3) is 4.74. The molecule has 1 saturated heterocycles. The lowest BCUT2D eigenvalue weighted by Crippen LogP contribution is -2.29. The van der Waals surface area contributed by atoms with Crippen molar-refractivity contribution in [2.75, 3.05) is 35.7 Å². The highest BCUT2D eigenvalue weighted by Crippen LogP contribution is 2.28. The molecule has 0 spiro atoms. The van der Waals surface area contributed by atoms with Crippen LogP contribution in [0.4, 0.5) is 28.8 Å². The van der Waals surface area contributed by atoms with Crippen molar-refractivity contribution in [3.05, 3.63) is 54.2 Å². The number of methoxy groups -OCH3 is 1. The van der Waals surface area contributed by atoms with Crippen molar-refractivity contribution in [3.63, 3.8) is 0 Å². The third-order valence-electron chi connectivity index (χ3n) is 5.02. The van der Waals surface area contributed by atoms with E-state index < -0.39 is 0 Å². The monoisotopic (exact) mass is 390 g/mol. The molecule has 150 valence electrons. The summed E-state index contributed by atoms with van der Waals surface area (Å²) in [6, 6.07) is 14.3. The predicted octanol–water partition coefficient (Wildman–Crippen LogP) is 4.67. The van der Waals surface area contributed by atoms with Gasteiger partial charge in [0, 0.05) is 24.5 Å². The van der Waals surface area contributed by atoms with Crippen molar-refractivity contribution >= 4 is 28.8 Å². The highest BCUT2D eigenvalue weighted by molar-refractivity contribution is 5.66. The fraction of sp³-hybridized carbons (Fsp3) is 0.318. The molecule has 2 N–H and O–H groups in total. The van der Waals surface area contributed by atoms with E-state index in [0.717, 1.165) is 35.8 Å². The molecule has 1 fully saturated rings. The minimum atomic E-state index is 0.437. The Kier molecular flexibility index (Phi) is 5.74. The van der Waals surface area contributed by atoms with Gasteiger partial charge in [-0.3, -0.25) is 0 Å². The molecule has 2 heterocycles. The first-order chi connectivity index (χ1) is 14.2. The van der Waals surface area contributed by atoms with Crippen molar-refractivity contribution < 1.29 is 4.74 Å². The van der Waals surface area contributed by atoms with Gasteiger partial charge >= 0.3 is 0 Å². The van der Waals surface area contributed by atoms with Gasteiger partial charge in [0.2, 0.25) is 5.95 Å². The van der Waals surface area contributed by atoms with Crippen LogP contribution in [0.25, 0.3) is 0 Å². The zero-order valence-corrected chi connectivity index (χ0v) is 16.9. The van der Waals surface area contributed by atoms with E-state index in [1.165, 1.54) is 24.9 Å². The molecule has 1 aliphatic rings. The van der Waals surface area contributed by atoms with Gasteiger partial charge in [0.25, 0.3) is 0 Å². The second kappa shape index (κ2) is 8.77. The van der Waals surface area contributed by atoms with Crippen molar-refractivity contribution in [1.29, 1.82) is 0 Å². The van der Waals surface area contributed by atoms with Crippen LogP contribution in [0, 0.1) is 6.92 Å². The smallest absolute Gasteiger partial charge is 0.249 e. The van der Waals surface area contributed by atoms with E-state index in [4.69, 9.17) is 4.74 Å². The van der Waals surface area contributed by atoms with Crippen LogP contribution in [0.5, 0.6) is 5.75 Å². The molecule has 7 nitrogen and oxygen atoms in total. The van der Waals surface area contributed by atoms with Crippen molar-refractivity contribution in [3.8, 4) is 5.75 Å². The lowest BCUT2D eigenvalue weighted by Gasteiger charge is -2.28. The summed E-state index contributed by atoms with van der Waals surface area (Å²) in [7, 11) is 1.65. The van der Waals surface area contributed by atoms with Crippen LogP contribution in [0.3, 0.4) is 0 Å². The molecule has 0 bridgehead atoms. The summed E-state index contributed by atoms with van der Waals surface area (Å²) in [5, 5.41) is 14.6. The number of rotatable bonds is 6. The summed E-state index contributed by atoms with van der Waals surface area (Å²) in [5.41, 5.74) is 4.15. The molecule has 1 aromatic heterocycles. The van der Waals surface area contributed by atoms with Crippen LogP contribution < -0.4 is 20.3 Å². The van der Waals surface area contributed by atoms with E-state index in [2.05, 4.69) is 55.0 Å². The Morgan fingerprint density at radius 2 is 1.76 bits per heavy atom. The van der Waals surface area contributed by atoms with Gasteiger partial charge in [0.15, 0.2) is 5.82 Å². The van der Waals surface area contributed by atoms with Crippen LogP contribution in [-0.2, 0) is 0 Å². The fourth-order valence-corrected chi connectivity index (χ4v) is 3.51. The maximum absolute atomic E-state index is 5.41. The Hall–Kier alpha value is -3.35. The van der Waals surface area contributed by atoms with Crippen LogP contribution in [0.1, 0.15) is 24.8 Å². The standard InChI is InChI=1S/C22H26N6O/c1-16-6-11-20(29-2)19(14-16)25-21-15-23-27-22(26-21)24-17-7-9-18(10-8-17)28-12-4-3-5-13-28/h6-11,14-15H,3-5,12-13H2,1-2H3,(H2,24,25,26,27). The first-order valence-electron chi connectivity index (χ1n) is 9.95. The lowest BCUT2D eigenvalue weighted by atomic mass is 10.1. The molecular weight excluding hydrogens is 364 g/mol. The molecule has 0 atom stereocenters. The zero-order chi connectivity index (χ0) is 20.1. The highest BCUT2D eigenvalue weighted by Gasteiger charge is 2.11. The fourth-order valence-electron chi connectivity index (χ4n) is 3.51. The normalized spacial score (nSPS) is 13.8. The molecule has 1 aliphatic heterocycles. The van der Waals surface area contributed by atoms with Gasteiger partial charge < -0.3 is 20.3 Å². The number of aryl methyl sites for hydroxylation is 1. The molecule has 4 rings (SSSR count). The van der Waals surface area contributed by atoms with Gasteiger partial charge in [0.1, 0.15) is 5.75 Å². The Bertz CT molecular complexity index is 954. The average Bonchev–Trinajstić information content (AvgIpc) is 2.75. The number of hydrogen-bond acceptors (Lipinski definition) is 7. The van der Waals surface area contributed by atoms with Crippen molar-refractivity contribution in [2.45, 2.75) is 26.2 Å². The van der Waals surface area contributed by atoms with Crippen molar-refractivity contribution in [2.24, 2.45) is 0 Å². The Labute approximate surface area is 171 Å². The van der Waals surface area contributed by atoms with E-state index in [-0.39, 0.29) is 0 Å². The van der Waals surface area contributed by atoms with Gasteiger partial charge in [0.05, 0.1) is 19.0 Å². The van der Waals surface area contributed by atoms with Gasteiger partial charge in [-0.1, -0.05) is 6.07 Å². The molecule has 2 aromatic carbocycles. The number of anilines is 5. The molecule has 0 unspecified atom stereocenters. The summed E-state index contributed by atoms with van der Waals surface area (Å²) < 4.78 is 5.41. The highest BCUT2D eigenvalue weighted by atomic mass is 16.5. The van der Waals surface area contributed by atoms with E-state index in [1.807, 2.05) is 25.1 Å². The summed E-state index contributed by atoms with van der Waals surface area (Å²) in [4.78, 5) is 6.95. The number of piperidine rings is 1. The largest absolute Gasteiger partial charge is 0.495 e. The Morgan fingerprint density at radius 1 is 0.966 bits per heavy atom. The topological polar surface area (TPSA) is 75.2 Å². The number of benzene rings is 2. The zero-order valence-electron chi connectivity index (χ0n) is 16.9. The van der Waals surface area contributed by atoms with Crippen LogP contribution in [-0.4, -0.2) is 35.4 Å². The molecule has 29 heavy (non-hydrogen) atoms. The number of nitrogens with zero attached hydrogens (tertiary/aromatic N) is 4. The lowest BCUT2D eigenvalue weighted by molar-refractivity contribution is 0.416. The van der Waals surface area contributed by atoms with Crippen LogP contribution >= 0.6 is 0 Å². The van der Waals surface area contributed by atoms with Gasteiger partial charge in [-0.05, 0) is 68.1 Å². The average molecular weight is 390 g/mol. The number of hydrogen-bond donors (Lipinski definition) is 2. The van der Waals surface area contributed by atoms with E-state index in [0.29, 0.717) is 11.8 Å². The molecule has 3 aromatic rings. The van der Waals surface area contributed by atoms with E-state index in [1.54, 1.807) is 13.3 Å². The minimum Gasteiger partial charge on any atom is -0.495 e. The second-order valence-corrected chi connectivity index (χ2v) is 7.21. The molecular formula is C22H26N6O. The number of aromatic nitrogens is 3. The Morgan fingerprint density at radius 3 is 2.52 bits per heavy atom. The number of ether oxygens (including phenoxy) is 1. The Balaban J connectivity index is 1.46. The summed E-state index contributed by atoms with van der Waals surface area (Å²) in [5.74, 6) is 1.78. The van der Waals surface area contributed by atoms with Gasteiger partial charge in [-0.2, -0.15) is 10.1 Å². The van der Waals surface area contributed by atoms with Gasteiger partial charge in [-0.25, -0.2) is 0 Å². The summed E-state index contributed by atoms with van der Waals surface area (Å²) >= 11 is 0. The predicted molar refractivity (Wildman–Crippen MR) is 117 cm³/mol. The quantitative estimate of drug-likeness (QED) is 0.634. The minimum absolute atomic E-state index is 0.437. The SMILES string of the molecule is COc1ccc(C)cc1Nc1cnnc(Nc2ccc(N3CCCCC3)cc2)n1. The van der Waals surface area contributed by atoms with E-state index in [9.17, 15) is 0 Å². The number of nitrogens with one attached hydrogen (secondary N) is 2. The summed E-state index contributed by atoms with van der Waals surface area (Å²) in [6.07, 6.45) is 5.46. The van der Waals surface area contributed by atoms with Crippen LogP contribution in [0.15, 0.2) is 48.7 Å². The molecule has 0 radical (unpaired) electrons. The first kappa shape index (κ1) is 19.0. The van der Waals surface area contributed by atoms with Crippen LogP contribution in [0.2, 0.25) is 0 Å². The second-order valence-electron chi connectivity index (χ2n) is 7.21. The molecule has 7 heteroatoms. The van der Waals surface area contributed by atoms with E-state index >= 15 is 0 Å². The maximum atomic E-state index is 5.41.